The van der Waals surface area contributed by atoms with Crippen LogP contribution in [-0.4, -0.2) is 46.6 Å². The lowest BCUT2D eigenvalue weighted by Crippen LogP contribution is -2.63. The van der Waals surface area contributed by atoms with Gasteiger partial charge in [0.25, 0.3) is 0 Å². The molecule has 0 spiro atoms. The van der Waals surface area contributed by atoms with E-state index in [1.165, 1.54) is 23.6 Å². The highest BCUT2D eigenvalue weighted by Crippen LogP contribution is 2.67. The summed E-state index contributed by atoms with van der Waals surface area (Å²) >= 11 is 0. The van der Waals surface area contributed by atoms with Crippen LogP contribution in [0.2, 0.25) is 0 Å². The van der Waals surface area contributed by atoms with Gasteiger partial charge in [-0.3, -0.25) is 9.59 Å². The quantitative estimate of drug-likeness (QED) is 0.249. The molecule has 0 saturated heterocycles. The zero-order valence-corrected chi connectivity index (χ0v) is 26.9. The predicted molar refractivity (Wildman–Crippen MR) is 161 cm³/mol. The van der Waals surface area contributed by atoms with E-state index in [-0.39, 0.29) is 24.2 Å². The van der Waals surface area contributed by atoms with Gasteiger partial charge in [-0.2, -0.15) is 0 Å². The van der Waals surface area contributed by atoms with E-state index in [2.05, 4.69) is 61.1 Å². The van der Waals surface area contributed by atoms with Crippen molar-refractivity contribution in [2.24, 2.45) is 39.9 Å². The van der Waals surface area contributed by atoms with Crippen LogP contribution in [0.15, 0.2) is 34.9 Å². The first kappa shape index (κ1) is 32.0. The fourth-order valence-electron chi connectivity index (χ4n) is 9.38. The number of aliphatic hydroxyl groups is 2. The maximum Gasteiger partial charge on any atom is 0.305 e. The molecule has 4 aliphatic carbocycles. The van der Waals surface area contributed by atoms with Crippen molar-refractivity contribution >= 4 is 11.9 Å². The number of hydrogen-bond acceptors (Lipinski definition) is 6. The molecule has 0 amide bonds. The second kappa shape index (κ2) is 11.3. The van der Waals surface area contributed by atoms with Crippen LogP contribution >= 0.6 is 0 Å². The van der Waals surface area contributed by atoms with Crippen molar-refractivity contribution in [2.45, 2.75) is 132 Å². The van der Waals surface area contributed by atoms with Crippen LogP contribution in [0, 0.1) is 39.9 Å². The van der Waals surface area contributed by atoms with Crippen LogP contribution < -0.4 is 0 Å². The minimum atomic E-state index is -0.976. The largest absolute Gasteiger partial charge is 0.460 e. The Morgan fingerprint density at radius 1 is 1.12 bits per heavy atom. The Labute approximate surface area is 247 Å². The van der Waals surface area contributed by atoms with Crippen molar-refractivity contribution in [2.75, 3.05) is 0 Å². The molecule has 0 aromatic heterocycles. The summed E-state index contributed by atoms with van der Waals surface area (Å²) < 4.78 is 11.9. The summed E-state index contributed by atoms with van der Waals surface area (Å²) in [6.07, 6.45) is 4.38. The van der Waals surface area contributed by atoms with Gasteiger partial charge < -0.3 is 19.7 Å². The zero-order valence-electron chi connectivity index (χ0n) is 26.9. The van der Waals surface area contributed by atoms with E-state index >= 15 is 0 Å². The molecule has 4 rings (SSSR count). The first-order valence-electron chi connectivity index (χ1n) is 15.9. The molecule has 0 bridgehead atoms. The highest BCUT2D eigenvalue weighted by molar-refractivity contribution is 5.69. The first-order chi connectivity index (χ1) is 19.0. The molecule has 0 radical (unpaired) electrons. The number of aliphatic hydroxyl groups excluding tert-OH is 2. The Balaban J connectivity index is 1.79. The van der Waals surface area contributed by atoms with Crippen LogP contribution in [0.4, 0.5) is 0 Å². The number of hydrogen-bond donors (Lipinski definition) is 2. The van der Waals surface area contributed by atoms with Crippen LogP contribution in [0.25, 0.3) is 0 Å². The molecule has 6 heteroatoms. The lowest BCUT2D eigenvalue weighted by Gasteiger charge is -2.62. The molecule has 41 heavy (non-hydrogen) atoms. The van der Waals surface area contributed by atoms with E-state index in [0.717, 1.165) is 37.7 Å². The molecule has 0 aromatic carbocycles. The summed E-state index contributed by atoms with van der Waals surface area (Å²) in [6, 6.07) is 0. The second-order valence-electron chi connectivity index (χ2n) is 14.8. The summed E-state index contributed by atoms with van der Waals surface area (Å²) in [4.78, 5) is 24.9. The van der Waals surface area contributed by atoms with Gasteiger partial charge in [-0.15, -0.1) is 0 Å². The van der Waals surface area contributed by atoms with Crippen LogP contribution in [0.3, 0.4) is 0 Å². The molecule has 1 saturated carbocycles. The molecule has 9 atom stereocenters. The van der Waals surface area contributed by atoms with Gasteiger partial charge in [0.2, 0.25) is 0 Å². The van der Waals surface area contributed by atoms with Crippen molar-refractivity contribution < 1.29 is 29.3 Å². The molecule has 6 nitrogen and oxygen atoms in total. The first-order valence-corrected chi connectivity index (χ1v) is 15.9. The molecule has 2 unspecified atom stereocenters. The minimum absolute atomic E-state index is 0.0658. The molecule has 0 aliphatic heterocycles. The number of fused-ring (bicyclic) bond motifs is 4. The predicted octanol–water partition coefficient (Wildman–Crippen LogP) is 6.70. The summed E-state index contributed by atoms with van der Waals surface area (Å²) in [5.74, 6) is 0.363. The molecule has 2 N–H and O–H groups in total. The normalized spacial score (nSPS) is 38.4. The Kier molecular flexibility index (Phi) is 8.82. The number of carbonyl (C=O) groups is 2. The van der Waals surface area contributed by atoms with Crippen molar-refractivity contribution in [3.05, 3.63) is 34.9 Å². The Morgan fingerprint density at radius 2 is 1.78 bits per heavy atom. The lowest BCUT2D eigenvalue weighted by molar-refractivity contribution is -0.193. The van der Waals surface area contributed by atoms with Gasteiger partial charge in [0.05, 0.1) is 6.10 Å². The third-order valence-electron chi connectivity index (χ3n) is 11.7. The number of rotatable bonds is 8. The van der Waals surface area contributed by atoms with E-state index in [0.29, 0.717) is 18.3 Å². The summed E-state index contributed by atoms with van der Waals surface area (Å²) in [7, 11) is 0. The molecule has 4 aliphatic rings. The standard InChI is InChI=1S/C35H54O6/c1-11-28(37)41-26-18-34(9)27(33(7,8)31(26)39)17-14-23-25-16-15-24(21(5)13-12-20(4)19(2)3)35(25,10)32(40-22(6)36)30(38)29(23)34/h16,19,21,24,26-27,30-32,38-39H,4,11-15,17-18H2,1-3,5-10H3/t21-,24-,26-,27+,30-,31+,32+,34?,35?/m1/s1. The molecular formula is C35H54O6. The van der Waals surface area contributed by atoms with Crippen molar-refractivity contribution in [3.63, 3.8) is 0 Å². The number of carbonyl (C=O) groups excluding carboxylic acids is 2. The maximum absolute atomic E-state index is 12.6. The maximum atomic E-state index is 12.6. The smallest absolute Gasteiger partial charge is 0.305 e. The number of allylic oxidation sites excluding steroid dienone is 3. The zero-order chi connectivity index (χ0) is 30.7. The van der Waals surface area contributed by atoms with Gasteiger partial charge in [-0.25, -0.2) is 0 Å². The Morgan fingerprint density at radius 3 is 2.37 bits per heavy atom. The van der Waals surface area contributed by atoms with Crippen LogP contribution in [0.1, 0.15) is 107 Å². The average molecular weight is 571 g/mol. The van der Waals surface area contributed by atoms with E-state index in [9.17, 15) is 19.8 Å². The summed E-state index contributed by atoms with van der Waals surface area (Å²) in [5.41, 5.74) is 3.00. The molecule has 0 aromatic rings. The number of esters is 2. The van der Waals surface area contributed by atoms with Crippen LogP contribution in [-0.2, 0) is 19.1 Å². The third-order valence-corrected chi connectivity index (χ3v) is 11.7. The van der Waals surface area contributed by atoms with Crippen molar-refractivity contribution in [1.29, 1.82) is 0 Å². The molecule has 230 valence electrons. The van der Waals surface area contributed by atoms with Gasteiger partial charge in [0.15, 0.2) is 0 Å². The highest BCUT2D eigenvalue weighted by Gasteiger charge is 2.65. The SMILES string of the molecule is C=C(CC[C@@H](C)[C@H]1CC=C2C3=C([C@@H](O)[C@H](OC(C)=O)C21C)C1(C)C[C@@H](OC(=O)CC)[C@H](O)C(C)(C)[C@@H]1CC3)C(C)C. The van der Waals surface area contributed by atoms with Gasteiger partial charge in [-0.1, -0.05) is 73.6 Å². The van der Waals surface area contributed by atoms with Crippen molar-refractivity contribution in [1.82, 2.24) is 0 Å². The highest BCUT2D eigenvalue weighted by atomic mass is 16.6. The van der Waals surface area contributed by atoms with E-state index in [1.807, 2.05) is 0 Å². The lowest BCUT2D eigenvalue weighted by atomic mass is 9.45. The van der Waals surface area contributed by atoms with Gasteiger partial charge >= 0.3 is 11.9 Å². The monoisotopic (exact) mass is 570 g/mol. The van der Waals surface area contributed by atoms with E-state index in [4.69, 9.17) is 9.47 Å². The third kappa shape index (κ3) is 5.15. The molecule has 1 fully saturated rings. The van der Waals surface area contributed by atoms with Gasteiger partial charge in [0.1, 0.15) is 18.3 Å². The Bertz CT molecular complexity index is 1130. The molecule has 0 heterocycles. The second-order valence-corrected chi connectivity index (χ2v) is 14.8. The van der Waals surface area contributed by atoms with Crippen LogP contribution in [0.5, 0.6) is 0 Å². The minimum Gasteiger partial charge on any atom is -0.460 e. The summed E-state index contributed by atoms with van der Waals surface area (Å²) in [6.45, 7) is 22.6. The average Bonchev–Trinajstić information content (AvgIpc) is 3.25. The molecular weight excluding hydrogens is 516 g/mol. The Hall–Kier alpha value is -1.92. The number of ether oxygens (including phenoxy) is 2. The van der Waals surface area contributed by atoms with Gasteiger partial charge in [0, 0.05) is 18.8 Å². The fourth-order valence-corrected chi connectivity index (χ4v) is 9.38. The topological polar surface area (TPSA) is 93.1 Å². The fraction of sp³-hybridized carbons (Fsp3) is 0.771. The van der Waals surface area contributed by atoms with E-state index < -0.39 is 46.6 Å². The van der Waals surface area contributed by atoms with E-state index in [1.54, 1.807) is 6.92 Å². The summed E-state index contributed by atoms with van der Waals surface area (Å²) in [5, 5.41) is 23.7. The van der Waals surface area contributed by atoms with Crippen molar-refractivity contribution in [3.8, 4) is 0 Å². The van der Waals surface area contributed by atoms with Gasteiger partial charge in [-0.05, 0) is 89.7 Å².